The van der Waals surface area contributed by atoms with E-state index in [-0.39, 0.29) is 5.92 Å². The summed E-state index contributed by atoms with van der Waals surface area (Å²) in [6.07, 6.45) is 8.01. The molecule has 0 N–H and O–H groups in total. The van der Waals surface area contributed by atoms with Crippen molar-refractivity contribution in [3.63, 3.8) is 0 Å². The van der Waals surface area contributed by atoms with Crippen molar-refractivity contribution in [2.75, 3.05) is 0 Å². The summed E-state index contributed by atoms with van der Waals surface area (Å²) in [4.78, 5) is 9.04. The van der Waals surface area contributed by atoms with Crippen LogP contribution in [0.4, 0.5) is 8.78 Å². The molecule has 1 atom stereocenters. The molecule has 0 amide bonds. The Bertz CT molecular complexity index is 851. The molecule has 1 aromatic heterocycles. The van der Waals surface area contributed by atoms with E-state index in [9.17, 15) is 8.78 Å². The zero-order valence-electron chi connectivity index (χ0n) is 16.6. The van der Waals surface area contributed by atoms with Gasteiger partial charge in [-0.1, -0.05) is 25.1 Å². The molecule has 0 fully saturated rings. The molecule has 1 heterocycles. The van der Waals surface area contributed by atoms with E-state index in [1.807, 2.05) is 51.3 Å². The van der Waals surface area contributed by atoms with Crippen molar-refractivity contribution in [2.24, 2.45) is 4.99 Å². The normalized spacial score (nSPS) is 12.7. The van der Waals surface area contributed by atoms with Crippen LogP contribution in [0.3, 0.4) is 0 Å². The largest absolute Gasteiger partial charge is 0.255 e. The third-order valence-corrected chi connectivity index (χ3v) is 4.37. The smallest absolute Gasteiger partial charge is 0.161 e. The summed E-state index contributed by atoms with van der Waals surface area (Å²) in [6.45, 7) is 9.59. The van der Waals surface area contributed by atoms with Crippen LogP contribution in [0.2, 0.25) is 0 Å². The van der Waals surface area contributed by atoms with Gasteiger partial charge in [-0.2, -0.15) is 0 Å². The van der Waals surface area contributed by atoms with Gasteiger partial charge in [0.2, 0.25) is 0 Å². The molecule has 2 aromatic rings. The molecule has 142 valence electrons. The standard InChI is InChI=1S/C23H26F2N2/c1-6-7-10-26-23(15(2)3)21-9-8-19(14-27-21)16(4)11-18-12-17(5)22(25)20(24)13-18/h6-10,12-14,16H,11H2,1-5H3/b7-6-,26-10?. The maximum atomic E-state index is 13.6. The lowest BCUT2D eigenvalue weighted by Crippen LogP contribution is -2.02. The summed E-state index contributed by atoms with van der Waals surface area (Å²) in [5.74, 6) is -1.43. The van der Waals surface area contributed by atoms with Gasteiger partial charge in [-0.15, -0.1) is 0 Å². The summed E-state index contributed by atoms with van der Waals surface area (Å²) in [5, 5.41) is 0. The molecular weight excluding hydrogens is 342 g/mol. The first-order valence-corrected chi connectivity index (χ1v) is 9.07. The zero-order valence-corrected chi connectivity index (χ0v) is 16.6. The van der Waals surface area contributed by atoms with Crippen molar-refractivity contribution in [1.82, 2.24) is 4.98 Å². The minimum Gasteiger partial charge on any atom is -0.255 e. The van der Waals surface area contributed by atoms with Crippen LogP contribution < -0.4 is 0 Å². The Hall–Kier alpha value is -2.62. The average molecular weight is 368 g/mol. The van der Waals surface area contributed by atoms with Crippen molar-refractivity contribution in [3.8, 4) is 0 Å². The van der Waals surface area contributed by atoms with E-state index in [1.165, 1.54) is 6.07 Å². The molecule has 0 saturated carbocycles. The van der Waals surface area contributed by atoms with Crippen molar-refractivity contribution >= 4 is 11.9 Å². The third-order valence-electron chi connectivity index (χ3n) is 4.37. The first kappa shape index (κ1) is 20.7. The van der Waals surface area contributed by atoms with Gasteiger partial charge >= 0.3 is 0 Å². The van der Waals surface area contributed by atoms with Crippen molar-refractivity contribution in [3.05, 3.63) is 82.2 Å². The van der Waals surface area contributed by atoms with Crippen LogP contribution in [0.1, 0.15) is 56.0 Å². The first-order valence-electron chi connectivity index (χ1n) is 9.07. The van der Waals surface area contributed by atoms with Crippen LogP contribution in [-0.4, -0.2) is 11.2 Å². The van der Waals surface area contributed by atoms with Gasteiger partial charge in [0.15, 0.2) is 11.6 Å². The molecule has 0 aliphatic carbocycles. The minimum atomic E-state index is -0.794. The summed E-state index contributed by atoms with van der Waals surface area (Å²) >= 11 is 0. The van der Waals surface area contributed by atoms with Gasteiger partial charge in [-0.25, -0.2) is 8.78 Å². The second-order valence-electron chi connectivity index (χ2n) is 6.94. The van der Waals surface area contributed by atoms with Gasteiger partial charge in [-0.05, 0) is 80.5 Å². The highest BCUT2D eigenvalue weighted by Gasteiger charge is 2.13. The van der Waals surface area contributed by atoms with Crippen LogP contribution in [0.25, 0.3) is 5.70 Å². The molecule has 1 unspecified atom stereocenters. The number of aromatic nitrogens is 1. The fourth-order valence-corrected chi connectivity index (χ4v) is 2.88. The lowest BCUT2D eigenvalue weighted by Gasteiger charge is -2.14. The zero-order chi connectivity index (χ0) is 20.0. The number of nitrogens with zero attached hydrogens (tertiary/aromatic N) is 2. The number of aliphatic imine (C=N–C) groups is 1. The Morgan fingerprint density at radius 2 is 1.96 bits per heavy atom. The van der Waals surface area contributed by atoms with Gasteiger partial charge in [0, 0.05) is 12.4 Å². The lowest BCUT2D eigenvalue weighted by atomic mass is 9.93. The molecule has 0 bridgehead atoms. The maximum absolute atomic E-state index is 13.6. The van der Waals surface area contributed by atoms with Gasteiger partial charge in [-0.3, -0.25) is 9.98 Å². The van der Waals surface area contributed by atoms with Crippen LogP contribution in [-0.2, 0) is 6.42 Å². The van der Waals surface area contributed by atoms with Crippen molar-refractivity contribution in [1.29, 1.82) is 0 Å². The number of hydrogen-bond donors (Lipinski definition) is 0. The van der Waals surface area contributed by atoms with Gasteiger partial charge in [0.1, 0.15) is 0 Å². The first-order chi connectivity index (χ1) is 12.8. The van der Waals surface area contributed by atoms with E-state index in [2.05, 4.69) is 16.9 Å². The average Bonchev–Trinajstić information content (AvgIpc) is 2.63. The predicted octanol–water partition coefficient (Wildman–Crippen LogP) is 6.41. The highest BCUT2D eigenvalue weighted by Crippen LogP contribution is 2.24. The van der Waals surface area contributed by atoms with Crippen LogP contribution in [0.5, 0.6) is 0 Å². The lowest BCUT2D eigenvalue weighted by molar-refractivity contribution is 0.501. The number of aryl methyl sites for hydroxylation is 1. The highest BCUT2D eigenvalue weighted by molar-refractivity contribution is 5.80. The van der Waals surface area contributed by atoms with Gasteiger partial charge < -0.3 is 0 Å². The molecule has 0 aliphatic rings. The van der Waals surface area contributed by atoms with E-state index < -0.39 is 11.6 Å². The molecule has 1 aromatic carbocycles. The summed E-state index contributed by atoms with van der Waals surface area (Å²) in [6, 6.07) is 6.96. The van der Waals surface area contributed by atoms with Gasteiger partial charge in [0.25, 0.3) is 0 Å². The number of halogens is 2. The SMILES string of the molecule is C/C=C\C=NC(=C(C)C)c1ccc(C(C)Cc2cc(C)c(F)c(F)c2)cn1. The molecule has 0 saturated heterocycles. The Kier molecular flexibility index (Phi) is 7.17. The molecule has 2 nitrogen and oxygen atoms in total. The molecule has 2 rings (SSSR count). The maximum Gasteiger partial charge on any atom is 0.161 e. The van der Waals surface area contributed by atoms with E-state index in [4.69, 9.17) is 0 Å². The van der Waals surface area contributed by atoms with E-state index in [0.717, 1.165) is 28.1 Å². The van der Waals surface area contributed by atoms with E-state index in [1.54, 1.807) is 19.2 Å². The Balaban J connectivity index is 2.20. The van der Waals surface area contributed by atoms with Crippen molar-refractivity contribution in [2.45, 2.75) is 47.0 Å². The summed E-state index contributed by atoms with van der Waals surface area (Å²) in [7, 11) is 0. The van der Waals surface area contributed by atoms with E-state index in [0.29, 0.717) is 12.0 Å². The number of hydrogen-bond acceptors (Lipinski definition) is 2. The topological polar surface area (TPSA) is 25.2 Å². The molecule has 4 heteroatoms. The second kappa shape index (κ2) is 9.36. The molecule has 27 heavy (non-hydrogen) atoms. The number of benzene rings is 1. The van der Waals surface area contributed by atoms with Crippen LogP contribution in [0.15, 0.2) is 53.2 Å². The second-order valence-corrected chi connectivity index (χ2v) is 6.94. The molecule has 0 spiro atoms. The minimum absolute atomic E-state index is 0.137. The summed E-state index contributed by atoms with van der Waals surface area (Å²) in [5.41, 5.74) is 4.91. The fourth-order valence-electron chi connectivity index (χ4n) is 2.88. The number of rotatable bonds is 6. The van der Waals surface area contributed by atoms with Crippen LogP contribution in [0, 0.1) is 18.6 Å². The third kappa shape index (κ3) is 5.43. The molecular formula is C23H26F2N2. The number of pyridine rings is 1. The number of allylic oxidation sites excluding steroid dienone is 3. The predicted molar refractivity (Wildman–Crippen MR) is 109 cm³/mol. The Labute approximate surface area is 160 Å². The van der Waals surface area contributed by atoms with Crippen LogP contribution >= 0.6 is 0 Å². The summed E-state index contributed by atoms with van der Waals surface area (Å²) < 4.78 is 27.1. The monoisotopic (exact) mass is 368 g/mol. The molecule has 0 radical (unpaired) electrons. The fraction of sp³-hybridized carbons (Fsp3) is 0.304. The quantitative estimate of drug-likeness (QED) is 0.541. The van der Waals surface area contributed by atoms with Gasteiger partial charge in [0.05, 0.1) is 11.4 Å². The highest BCUT2D eigenvalue weighted by atomic mass is 19.2. The Morgan fingerprint density at radius 1 is 1.22 bits per heavy atom. The van der Waals surface area contributed by atoms with Crippen molar-refractivity contribution < 1.29 is 8.78 Å². The Morgan fingerprint density at radius 3 is 2.52 bits per heavy atom. The molecule has 0 aliphatic heterocycles. The van der Waals surface area contributed by atoms with E-state index >= 15 is 0 Å².